The summed E-state index contributed by atoms with van der Waals surface area (Å²) in [5.74, 6) is 0.515. The maximum atomic E-state index is 12.1. The van der Waals surface area contributed by atoms with Crippen LogP contribution in [0.1, 0.15) is 6.42 Å². The Morgan fingerprint density at radius 2 is 2.30 bits per heavy atom. The van der Waals surface area contributed by atoms with E-state index in [9.17, 15) is 8.42 Å². The van der Waals surface area contributed by atoms with Gasteiger partial charge in [-0.05, 0) is 18.6 Å². The molecule has 1 aromatic carbocycles. The molecule has 0 amide bonds. The fraction of sp³-hybridized carbons (Fsp3) is 0.538. The molecule has 2 rings (SSSR count). The second-order valence-corrected chi connectivity index (χ2v) is 6.92. The second-order valence-electron chi connectivity index (χ2n) is 4.77. The Morgan fingerprint density at radius 1 is 1.50 bits per heavy atom. The summed E-state index contributed by atoms with van der Waals surface area (Å²) in [5.41, 5.74) is 6.22. The number of rotatable bonds is 6. The predicted octanol–water partition coefficient (Wildman–Crippen LogP) is 0.698. The minimum absolute atomic E-state index is 0.0607. The highest BCUT2D eigenvalue weighted by molar-refractivity contribution is 7.89. The lowest BCUT2D eigenvalue weighted by Gasteiger charge is -2.22. The van der Waals surface area contributed by atoms with Gasteiger partial charge in [0, 0.05) is 25.4 Å². The lowest BCUT2D eigenvalue weighted by atomic mass is 10.3. The van der Waals surface area contributed by atoms with Gasteiger partial charge in [0.1, 0.15) is 12.4 Å². The van der Waals surface area contributed by atoms with Crippen molar-refractivity contribution in [2.75, 3.05) is 38.4 Å². The summed E-state index contributed by atoms with van der Waals surface area (Å²) >= 11 is 0. The van der Waals surface area contributed by atoms with E-state index in [1.165, 1.54) is 4.31 Å². The van der Waals surface area contributed by atoms with Crippen molar-refractivity contribution in [3.8, 4) is 5.75 Å². The molecule has 6 nitrogen and oxygen atoms in total. The molecule has 20 heavy (non-hydrogen) atoms. The third-order valence-corrected chi connectivity index (χ3v) is 5.19. The van der Waals surface area contributed by atoms with Crippen LogP contribution in [0.2, 0.25) is 0 Å². The summed E-state index contributed by atoms with van der Waals surface area (Å²) in [6.45, 7) is 1.18. The van der Waals surface area contributed by atoms with Gasteiger partial charge in [-0.25, -0.2) is 8.42 Å². The molecule has 0 radical (unpaired) electrons. The number of ether oxygens (including phenoxy) is 2. The van der Waals surface area contributed by atoms with Gasteiger partial charge in [0.05, 0.1) is 18.4 Å². The average molecular weight is 300 g/mol. The van der Waals surface area contributed by atoms with Crippen LogP contribution < -0.4 is 10.5 Å². The second kappa shape index (κ2) is 6.43. The van der Waals surface area contributed by atoms with E-state index in [4.69, 9.17) is 15.2 Å². The summed E-state index contributed by atoms with van der Waals surface area (Å²) in [5, 5.41) is 0. The number of likely N-dealkylation sites (N-methyl/N-ethyl adjacent to an activating group) is 1. The van der Waals surface area contributed by atoms with E-state index in [0.717, 1.165) is 6.42 Å². The average Bonchev–Trinajstić information content (AvgIpc) is 2.91. The van der Waals surface area contributed by atoms with Crippen LogP contribution in [0.4, 0.5) is 5.69 Å². The largest absolute Gasteiger partial charge is 0.492 e. The molecule has 1 aliphatic heterocycles. The number of hydrogen-bond acceptors (Lipinski definition) is 5. The number of nitrogens with two attached hydrogens (primary N) is 1. The lowest BCUT2D eigenvalue weighted by molar-refractivity contribution is 0.180. The molecule has 0 aliphatic carbocycles. The topological polar surface area (TPSA) is 81.9 Å². The molecule has 0 aromatic heterocycles. The first-order chi connectivity index (χ1) is 9.49. The van der Waals surface area contributed by atoms with Gasteiger partial charge in [0.25, 0.3) is 0 Å². The third-order valence-electron chi connectivity index (χ3n) is 3.33. The molecule has 0 saturated carbocycles. The first-order valence-corrected chi connectivity index (χ1v) is 8.12. The first-order valence-electron chi connectivity index (χ1n) is 6.51. The molecule has 1 fully saturated rings. The van der Waals surface area contributed by atoms with Crippen molar-refractivity contribution in [2.45, 2.75) is 12.5 Å². The molecule has 2 N–H and O–H groups in total. The summed E-state index contributed by atoms with van der Waals surface area (Å²) in [6.07, 6.45) is 0.742. The molecule has 0 bridgehead atoms. The fourth-order valence-electron chi connectivity index (χ4n) is 2.05. The lowest BCUT2D eigenvalue weighted by Crippen LogP contribution is -2.39. The van der Waals surface area contributed by atoms with Gasteiger partial charge in [-0.1, -0.05) is 6.07 Å². The van der Waals surface area contributed by atoms with E-state index >= 15 is 0 Å². The molecule has 112 valence electrons. The van der Waals surface area contributed by atoms with E-state index in [0.29, 0.717) is 24.7 Å². The number of anilines is 1. The zero-order valence-electron chi connectivity index (χ0n) is 11.5. The number of nitrogens with zero attached hydrogens (tertiary/aromatic N) is 1. The summed E-state index contributed by atoms with van der Waals surface area (Å²) in [4.78, 5) is 0. The fourth-order valence-corrected chi connectivity index (χ4v) is 3.25. The molecule has 1 saturated heterocycles. The molecule has 1 aliphatic rings. The van der Waals surface area contributed by atoms with Gasteiger partial charge in [-0.15, -0.1) is 0 Å². The van der Waals surface area contributed by atoms with Crippen molar-refractivity contribution in [1.29, 1.82) is 0 Å². The SMILES string of the molecule is CN(C1CCOC1)S(=O)(=O)CCOc1cccc(N)c1. The van der Waals surface area contributed by atoms with E-state index in [-0.39, 0.29) is 18.4 Å². The zero-order chi connectivity index (χ0) is 14.6. The van der Waals surface area contributed by atoms with Crippen LogP contribution in [-0.4, -0.2) is 51.4 Å². The highest BCUT2D eigenvalue weighted by Gasteiger charge is 2.29. The van der Waals surface area contributed by atoms with Crippen LogP contribution in [0, 0.1) is 0 Å². The maximum absolute atomic E-state index is 12.1. The van der Waals surface area contributed by atoms with Crippen LogP contribution in [0.15, 0.2) is 24.3 Å². The minimum atomic E-state index is -3.33. The monoisotopic (exact) mass is 300 g/mol. The van der Waals surface area contributed by atoms with Gasteiger partial charge in [-0.2, -0.15) is 4.31 Å². The summed E-state index contributed by atoms with van der Waals surface area (Å²) in [7, 11) is -1.73. The van der Waals surface area contributed by atoms with Crippen LogP contribution in [0.3, 0.4) is 0 Å². The van der Waals surface area contributed by atoms with Crippen LogP contribution >= 0.6 is 0 Å². The van der Waals surface area contributed by atoms with Crippen molar-refractivity contribution in [2.24, 2.45) is 0 Å². The van der Waals surface area contributed by atoms with Crippen LogP contribution in [0.25, 0.3) is 0 Å². The number of benzene rings is 1. The Hall–Kier alpha value is -1.31. The third kappa shape index (κ3) is 3.84. The van der Waals surface area contributed by atoms with Gasteiger partial charge < -0.3 is 15.2 Å². The predicted molar refractivity (Wildman–Crippen MR) is 77.1 cm³/mol. The van der Waals surface area contributed by atoms with Crippen molar-refractivity contribution < 1.29 is 17.9 Å². The number of nitrogen functional groups attached to an aromatic ring is 1. The molecule has 1 heterocycles. The molecular formula is C13H20N2O4S. The minimum Gasteiger partial charge on any atom is -0.492 e. The Balaban J connectivity index is 1.86. The van der Waals surface area contributed by atoms with Gasteiger partial charge in [-0.3, -0.25) is 0 Å². The van der Waals surface area contributed by atoms with Crippen LogP contribution in [0.5, 0.6) is 5.75 Å². The van der Waals surface area contributed by atoms with Crippen molar-refractivity contribution in [1.82, 2.24) is 4.31 Å². The number of sulfonamides is 1. The van der Waals surface area contributed by atoms with Crippen molar-refractivity contribution >= 4 is 15.7 Å². The van der Waals surface area contributed by atoms with E-state index in [1.807, 2.05) is 0 Å². The number of hydrogen-bond donors (Lipinski definition) is 1. The smallest absolute Gasteiger partial charge is 0.217 e. The summed E-state index contributed by atoms with van der Waals surface area (Å²) < 4.78 is 36.3. The quantitative estimate of drug-likeness (QED) is 0.782. The molecule has 7 heteroatoms. The zero-order valence-corrected chi connectivity index (χ0v) is 12.3. The Morgan fingerprint density at radius 3 is 2.95 bits per heavy atom. The first kappa shape index (κ1) is 15.1. The van der Waals surface area contributed by atoms with Crippen molar-refractivity contribution in [3.63, 3.8) is 0 Å². The maximum Gasteiger partial charge on any atom is 0.217 e. The van der Waals surface area contributed by atoms with Crippen LogP contribution in [-0.2, 0) is 14.8 Å². The molecular weight excluding hydrogens is 280 g/mol. The van der Waals surface area contributed by atoms with E-state index in [2.05, 4.69) is 0 Å². The van der Waals surface area contributed by atoms with Crippen molar-refractivity contribution in [3.05, 3.63) is 24.3 Å². The molecule has 1 aromatic rings. The van der Waals surface area contributed by atoms with Gasteiger partial charge in [0.2, 0.25) is 10.0 Å². The Bertz CT molecular complexity index is 541. The molecule has 1 unspecified atom stereocenters. The normalized spacial score (nSPS) is 19.4. The Labute approximate surface area is 119 Å². The molecule has 1 atom stereocenters. The highest BCUT2D eigenvalue weighted by Crippen LogP contribution is 2.16. The van der Waals surface area contributed by atoms with E-state index in [1.54, 1.807) is 31.3 Å². The summed E-state index contributed by atoms with van der Waals surface area (Å²) in [6, 6.07) is 6.87. The Kier molecular flexibility index (Phi) is 4.85. The molecule has 0 spiro atoms. The van der Waals surface area contributed by atoms with Gasteiger partial charge in [0.15, 0.2) is 0 Å². The van der Waals surface area contributed by atoms with E-state index < -0.39 is 10.0 Å². The highest BCUT2D eigenvalue weighted by atomic mass is 32.2. The van der Waals surface area contributed by atoms with Gasteiger partial charge >= 0.3 is 0 Å². The standard InChI is InChI=1S/C13H20N2O4S/c1-15(12-5-6-18-10-12)20(16,17)8-7-19-13-4-2-3-11(14)9-13/h2-4,9,12H,5-8,10,14H2,1H3.